The first-order valence-electron chi connectivity index (χ1n) is 21.1. The average Bonchev–Trinajstić information content (AvgIpc) is 4.03. The lowest BCUT2D eigenvalue weighted by Gasteiger charge is -2.11. The molecular formula is C57H34N4O2. The van der Waals surface area contributed by atoms with Crippen LogP contribution in [0.15, 0.2) is 215 Å². The Kier molecular flexibility index (Phi) is 7.80. The third-order valence-corrected chi connectivity index (χ3v) is 12.2. The highest BCUT2D eigenvalue weighted by atomic mass is 16.3. The van der Waals surface area contributed by atoms with Crippen molar-refractivity contribution in [2.75, 3.05) is 0 Å². The molecule has 0 unspecified atom stereocenters. The van der Waals surface area contributed by atoms with E-state index in [1.54, 1.807) is 0 Å². The fraction of sp³-hybridized carbons (Fsp3) is 0. The summed E-state index contributed by atoms with van der Waals surface area (Å²) >= 11 is 0. The van der Waals surface area contributed by atoms with Gasteiger partial charge in [-0.05, 0) is 82.9 Å². The molecular weight excluding hydrogens is 773 g/mol. The predicted molar refractivity (Wildman–Crippen MR) is 256 cm³/mol. The van der Waals surface area contributed by atoms with Gasteiger partial charge in [0.25, 0.3) is 0 Å². The number of para-hydroxylation sites is 2. The second kappa shape index (κ2) is 14.0. The fourth-order valence-electron chi connectivity index (χ4n) is 9.37. The molecule has 13 rings (SSSR count). The lowest BCUT2D eigenvalue weighted by molar-refractivity contribution is 0.668. The summed E-state index contributed by atoms with van der Waals surface area (Å²) in [5, 5.41) is 6.44. The minimum atomic E-state index is 0.545. The summed E-state index contributed by atoms with van der Waals surface area (Å²) in [5.74, 6) is 1.67. The fourth-order valence-corrected chi connectivity index (χ4v) is 9.37. The first kappa shape index (κ1) is 35.2. The summed E-state index contributed by atoms with van der Waals surface area (Å²) in [5.41, 5.74) is 13.5. The van der Waals surface area contributed by atoms with Crippen LogP contribution in [0.25, 0.3) is 128 Å². The van der Waals surface area contributed by atoms with E-state index in [1.165, 1.54) is 21.9 Å². The van der Waals surface area contributed by atoms with E-state index in [4.69, 9.17) is 23.8 Å². The van der Waals surface area contributed by atoms with Crippen molar-refractivity contribution in [2.24, 2.45) is 0 Å². The summed E-state index contributed by atoms with van der Waals surface area (Å²) < 4.78 is 15.5. The molecule has 0 saturated heterocycles. The lowest BCUT2D eigenvalue weighted by atomic mass is 9.96. The number of benzene rings is 9. The lowest BCUT2D eigenvalue weighted by Crippen LogP contribution is -2.00. The van der Waals surface area contributed by atoms with Gasteiger partial charge < -0.3 is 13.4 Å². The van der Waals surface area contributed by atoms with Gasteiger partial charge in [-0.25, -0.2) is 15.0 Å². The standard InChI is InChI=1S/C57H34N4O2/c1-4-15-35(16-5-1)38-27-29-48-45(31-38)41-21-10-12-24-47(41)61(48)40-28-30-50-46(34-40)54-43(23-14-26-51(54)62-50)57-59-55(37-19-8-3-9-20-37)58-56(60-57)39-32-44(36-17-6-2-7-18-36)53-42-22-11-13-25-49(42)63-52(53)33-39/h1-34H. The van der Waals surface area contributed by atoms with Crippen molar-refractivity contribution in [3.63, 3.8) is 0 Å². The quantitative estimate of drug-likeness (QED) is 0.167. The van der Waals surface area contributed by atoms with Crippen LogP contribution in [0.1, 0.15) is 0 Å². The maximum atomic E-state index is 6.61. The average molecular weight is 807 g/mol. The number of fused-ring (bicyclic) bond motifs is 9. The molecule has 0 aliphatic rings. The van der Waals surface area contributed by atoms with Crippen molar-refractivity contribution >= 4 is 65.7 Å². The Morgan fingerprint density at radius 2 is 0.905 bits per heavy atom. The zero-order valence-corrected chi connectivity index (χ0v) is 33.7. The number of hydrogen-bond donors (Lipinski definition) is 0. The Balaban J connectivity index is 1.03. The molecule has 0 atom stereocenters. The maximum Gasteiger partial charge on any atom is 0.164 e. The molecule has 0 amide bonds. The van der Waals surface area contributed by atoms with Crippen LogP contribution in [-0.4, -0.2) is 19.5 Å². The van der Waals surface area contributed by atoms with Gasteiger partial charge in [-0.15, -0.1) is 0 Å². The smallest absolute Gasteiger partial charge is 0.164 e. The Morgan fingerprint density at radius 3 is 1.71 bits per heavy atom. The topological polar surface area (TPSA) is 69.9 Å². The highest BCUT2D eigenvalue weighted by Crippen LogP contribution is 2.42. The van der Waals surface area contributed by atoms with Gasteiger partial charge in [-0.1, -0.05) is 146 Å². The molecule has 6 heteroatoms. The minimum Gasteiger partial charge on any atom is -0.456 e. The second-order valence-electron chi connectivity index (χ2n) is 15.9. The first-order valence-corrected chi connectivity index (χ1v) is 21.1. The van der Waals surface area contributed by atoms with Crippen molar-refractivity contribution in [2.45, 2.75) is 0 Å². The summed E-state index contributed by atoms with van der Waals surface area (Å²) in [4.78, 5) is 15.7. The van der Waals surface area contributed by atoms with Crippen molar-refractivity contribution in [1.82, 2.24) is 19.5 Å². The SMILES string of the molecule is c1ccc(-c2ccc3c(c2)c2ccccc2n3-c2ccc3oc4cccc(-c5nc(-c6ccccc6)nc(-c6cc(-c7ccccc7)c7c(c6)oc6ccccc67)n5)c4c3c2)cc1. The first-order chi connectivity index (χ1) is 31.2. The molecule has 0 radical (unpaired) electrons. The second-order valence-corrected chi connectivity index (χ2v) is 15.9. The van der Waals surface area contributed by atoms with Gasteiger partial charge in [0, 0.05) is 54.7 Å². The minimum absolute atomic E-state index is 0.545. The zero-order chi connectivity index (χ0) is 41.4. The third kappa shape index (κ3) is 5.69. The van der Waals surface area contributed by atoms with Gasteiger partial charge in [0.15, 0.2) is 17.5 Å². The van der Waals surface area contributed by atoms with Crippen LogP contribution in [0.3, 0.4) is 0 Å². The maximum absolute atomic E-state index is 6.61. The Labute approximate surface area is 361 Å². The highest BCUT2D eigenvalue weighted by molar-refractivity contribution is 6.15. The van der Waals surface area contributed by atoms with Crippen molar-refractivity contribution in [1.29, 1.82) is 0 Å². The van der Waals surface area contributed by atoms with Gasteiger partial charge in [-0.2, -0.15) is 0 Å². The van der Waals surface area contributed by atoms with Gasteiger partial charge in [0.1, 0.15) is 22.3 Å². The van der Waals surface area contributed by atoms with Gasteiger partial charge in [0.05, 0.1) is 11.0 Å². The molecule has 63 heavy (non-hydrogen) atoms. The Hall–Kier alpha value is -8.61. The van der Waals surface area contributed by atoms with Crippen LogP contribution < -0.4 is 0 Å². The molecule has 9 aromatic carbocycles. The Morgan fingerprint density at radius 1 is 0.302 bits per heavy atom. The molecule has 4 aromatic heterocycles. The molecule has 0 aliphatic heterocycles. The monoisotopic (exact) mass is 806 g/mol. The predicted octanol–water partition coefficient (Wildman–Crippen LogP) is 15.1. The van der Waals surface area contributed by atoms with E-state index in [0.29, 0.717) is 17.5 Å². The molecule has 0 aliphatic carbocycles. The van der Waals surface area contributed by atoms with Gasteiger partial charge in [-0.3, -0.25) is 0 Å². The van der Waals surface area contributed by atoms with E-state index in [1.807, 2.05) is 60.7 Å². The van der Waals surface area contributed by atoms with Crippen LogP contribution in [-0.2, 0) is 0 Å². The molecule has 6 nitrogen and oxygen atoms in total. The molecule has 0 bridgehead atoms. The summed E-state index contributed by atoms with van der Waals surface area (Å²) in [7, 11) is 0. The highest BCUT2D eigenvalue weighted by Gasteiger charge is 2.22. The van der Waals surface area contributed by atoms with Crippen LogP contribution in [0.4, 0.5) is 0 Å². The molecule has 294 valence electrons. The zero-order valence-electron chi connectivity index (χ0n) is 33.7. The molecule has 13 aromatic rings. The summed E-state index contributed by atoms with van der Waals surface area (Å²) in [6.45, 7) is 0. The van der Waals surface area contributed by atoms with E-state index in [2.05, 4.69) is 150 Å². The molecule has 0 fully saturated rings. The summed E-state index contributed by atoms with van der Waals surface area (Å²) in [6, 6.07) is 71.5. The molecule has 0 spiro atoms. The normalized spacial score (nSPS) is 11.8. The number of nitrogens with zero attached hydrogens (tertiary/aromatic N) is 4. The Bertz CT molecular complexity index is 3900. The number of hydrogen-bond acceptors (Lipinski definition) is 5. The van der Waals surface area contributed by atoms with E-state index >= 15 is 0 Å². The van der Waals surface area contributed by atoms with Crippen LogP contribution in [0.5, 0.6) is 0 Å². The van der Waals surface area contributed by atoms with Crippen molar-refractivity contribution in [3.05, 3.63) is 206 Å². The van der Waals surface area contributed by atoms with E-state index in [9.17, 15) is 0 Å². The van der Waals surface area contributed by atoms with Crippen LogP contribution in [0, 0.1) is 0 Å². The molecule has 0 saturated carbocycles. The third-order valence-electron chi connectivity index (χ3n) is 12.2. The summed E-state index contributed by atoms with van der Waals surface area (Å²) in [6.07, 6.45) is 0. The van der Waals surface area contributed by atoms with E-state index < -0.39 is 0 Å². The number of aromatic nitrogens is 4. The molecule has 4 heterocycles. The van der Waals surface area contributed by atoms with Gasteiger partial charge in [0.2, 0.25) is 0 Å². The molecule has 0 N–H and O–H groups in total. The largest absolute Gasteiger partial charge is 0.456 e. The van der Waals surface area contributed by atoms with Crippen molar-refractivity contribution < 1.29 is 8.83 Å². The van der Waals surface area contributed by atoms with Crippen LogP contribution in [0.2, 0.25) is 0 Å². The van der Waals surface area contributed by atoms with Crippen LogP contribution >= 0.6 is 0 Å². The van der Waals surface area contributed by atoms with E-state index in [-0.39, 0.29) is 0 Å². The number of furan rings is 2. The van der Waals surface area contributed by atoms with Gasteiger partial charge >= 0.3 is 0 Å². The van der Waals surface area contributed by atoms with Crippen molar-refractivity contribution in [3.8, 4) is 62.1 Å². The number of rotatable bonds is 6. The van der Waals surface area contributed by atoms with E-state index in [0.717, 1.165) is 88.4 Å².